The Morgan fingerprint density at radius 1 is 1.41 bits per heavy atom. The first kappa shape index (κ1) is 15.6. The highest BCUT2D eigenvalue weighted by Gasteiger charge is 2.34. The van der Waals surface area contributed by atoms with Crippen LogP contribution in [0.5, 0.6) is 0 Å². The zero-order chi connectivity index (χ0) is 16.1. The van der Waals surface area contributed by atoms with Crippen LogP contribution >= 0.6 is 22.0 Å². The van der Waals surface area contributed by atoms with Crippen LogP contribution in [-0.2, 0) is 13.8 Å². The number of hydrogen-bond donors (Lipinski definition) is 0. The molecule has 5 nitrogen and oxygen atoms in total. The van der Waals surface area contributed by atoms with Crippen LogP contribution in [0.3, 0.4) is 0 Å². The number of halogens is 3. The Bertz CT molecular complexity index is 869. The van der Waals surface area contributed by atoms with Gasteiger partial charge in [-0.25, -0.2) is 22.2 Å². The molecule has 1 unspecified atom stereocenters. The molecule has 1 amide bonds. The van der Waals surface area contributed by atoms with Crippen molar-refractivity contribution in [3.63, 3.8) is 0 Å². The number of anilines is 1. The molecule has 1 aromatic heterocycles. The van der Waals surface area contributed by atoms with Crippen molar-refractivity contribution in [2.24, 2.45) is 5.92 Å². The molecule has 1 aliphatic rings. The molecule has 0 bridgehead atoms. The summed E-state index contributed by atoms with van der Waals surface area (Å²) in [5.74, 6) is -2.60. The molecule has 0 aliphatic carbocycles. The monoisotopic (exact) mass is 366 g/mol. The molecule has 1 aliphatic heterocycles. The average Bonchev–Trinajstić information content (AvgIpc) is 2.90. The Kier molecular flexibility index (Phi) is 3.82. The Morgan fingerprint density at radius 2 is 2.14 bits per heavy atom. The van der Waals surface area contributed by atoms with Crippen LogP contribution in [0.2, 0.25) is 0 Å². The normalized spacial score (nSPS) is 19.3. The molecular formula is C12H9ClF2N2O3S2. The zero-order valence-corrected chi connectivity index (χ0v) is 13.3. The summed E-state index contributed by atoms with van der Waals surface area (Å²) in [6.07, 6.45) is 0.0265. The summed E-state index contributed by atoms with van der Waals surface area (Å²) >= 11 is 0.978. The maximum Gasteiger partial charge on any atom is 0.232 e. The maximum absolute atomic E-state index is 13.6. The van der Waals surface area contributed by atoms with Crippen LogP contribution in [0.25, 0.3) is 10.2 Å². The molecular weight excluding hydrogens is 358 g/mol. The fourth-order valence-corrected chi connectivity index (χ4v) is 4.77. The van der Waals surface area contributed by atoms with E-state index < -0.39 is 26.6 Å². The van der Waals surface area contributed by atoms with Crippen molar-refractivity contribution in [3.05, 3.63) is 23.8 Å². The van der Waals surface area contributed by atoms with Crippen LogP contribution in [-0.4, -0.2) is 31.6 Å². The van der Waals surface area contributed by atoms with E-state index in [-0.39, 0.29) is 40.0 Å². The Labute approximate surface area is 132 Å². The molecule has 0 N–H and O–H groups in total. The van der Waals surface area contributed by atoms with Crippen molar-refractivity contribution in [2.45, 2.75) is 6.42 Å². The summed E-state index contributed by atoms with van der Waals surface area (Å²) in [6.45, 7) is 0.134. The van der Waals surface area contributed by atoms with Gasteiger partial charge in [0, 0.05) is 35.6 Å². The molecule has 3 rings (SSSR count). The molecule has 1 saturated heterocycles. The highest BCUT2D eigenvalue weighted by Crippen LogP contribution is 2.34. The number of amides is 1. The van der Waals surface area contributed by atoms with Crippen LogP contribution in [0, 0.1) is 17.6 Å². The van der Waals surface area contributed by atoms with Crippen molar-refractivity contribution in [3.8, 4) is 0 Å². The lowest BCUT2D eigenvalue weighted by Gasteiger charge is -2.12. The predicted octanol–water partition coefficient (Wildman–Crippen LogP) is 2.50. The van der Waals surface area contributed by atoms with Gasteiger partial charge in [-0.2, -0.15) is 0 Å². The Balaban J connectivity index is 1.91. The second-order valence-electron chi connectivity index (χ2n) is 5.01. The molecule has 0 saturated carbocycles. The number of thiazole rings is 1. The number of hydrogen-bond acceptors (Lipinski definition) is 5. The number of rotatable bonds is 3. The van der Waals surface area contributed by atoms with Gasteiger partial charge in [-0.05, 0) is 6.07 Å². The molecule has 2 aromatic rings. The van der Waals surface area contributed by atoms with E-state index in [2.05, 4.69) is 4.98 Å². The summed E-state index contributed by atoms with van der Waals surface area (Å²) in [5, 5.41) is 0.221. The third kappa shape index (κ3) is 3.06. The molecule has 22 heavy (non-hydrogen) atoms. The van der Waals surface area contributed by atoms with Crippen LogP contribution < -0.4 is 4.90 Å². The predicted molar refractivity (Wildman–Crippen MR) is 79.6 cm³/mol. The summed E-state index contributed by atoms with van der Waals surface area (Å²) in [6, 6.07) is 1.86. The fourth-order valence-electron chi connectivity index (χ4n) is 2.42. The molecule has 1 fully saturated rings. The SMILES string of the molecule is O=C1CC(CS(=O)(=O)Cl)CN1c1nc2c(F)cc(F)cc2s1. The number of benzene rings is 1. The highest BCUT2D eigenvalue weighted by molar-refractivity contribution is 8.13. The lowest BCUT2D eigenvalue weighted by Crippen LogP contribution is -2.25. The number of carbonyl (C=O) groups is 1. The van der Waals surface area contributed by atoms with Crippen LogP contribution in [0.15, 0.2) is 12.1 Å². The number of carbonyl (C=O) groups excluding carboxylic acids is 1. The van der Waals surface area contributed by atoms with Gasteiger partial charge in [0.2, 0.25) is 15.0 Å². The summed E-state index contributed by atoms with van der Waals surface area (Å²) in [7, 11) is 1.49. The average molecular weight is 367 g/mol. The minimum absolute atomic E-state index is 0.0115. The zero-order valence-electron chi connectivity index (χ0n) is 10.9. The topological polar surface area (TPSA) is 67.3 Å². The van der Waals surface area contributed by atoms with Crippen molar-refractivity contribution in [2.75, 3.05) is 17.2 Å². The van der Waals surface area contributed by atoms with Gasteiger partial charge in [-0.1, -0.05) is 11.3 Å². The van der Waals surface area contributed by atoms with E-state index >= 15 is 0 Å². The summed E-state index contributed by atoms with van der Waals surface area (Å²) < 4.78 is 49.3. The van der Waals surface area contributed by atoms with Gasteiger partial charge in [-0.3, -0.25) is 9.69 Å². The van der Waals surface area contributed by atoms with Gasteiger partial charge in [0.1, 0.15) is 11.3 Å². The summed E-state index contributed by atoms with van der Waals surface area (Å²) in [5.41, 5.74) is -0.0115. The van der Waals surface area contributed by atoms with Gasteiger partial charge in [0.05, 0.1) is 10.5 Å². The van der Waals surface area contributed by atoms with Crippen LogP contribution in [0.4, 0.5) is 13.9 Å². The largest absolute Gasteiger partial charge is 0.288 e. The van der Waals surface area contributed by atoms with E-state index in [1.165, 1.54) is 4.90 Å². The molecule has 1 aromatic carbocycles. The molecule has 1 atom stereocenters. The molecule has 2 heterocycles. The quantitative estimate of drug-likeness (QED) is 0.783. The Hall–Kier alpha value is -1.32. The maximum atomic E-state index is 13.6. The van der Waals surface area contributed by atoms with E-state index in [1.807, 2.05) is 0 Å². The van der Waals surface area contributed by atoms with Gasteiger partial charge in [0.15, 0.2) is 10.9 Å². The number of fused-ring (bicyclic) bond motifs is 1. The number of nitrogens with zero attached hydrogens (tertiary/aromatic N) is 2. The van der Waals surface area contributed by atoms with E-state index in [9.17, 15) is 22.0 Å². The lowest BCUT2D eigenvalue weighted by molar-refractivity contribution is -0.117. The highest BCUT2D eigenvalue weighted by atomic mass is 35.7. The van der Waals surface area contributed by atoms with Crippen molar-refractivity contribution in [1.82, 2.24) is 4.98 Å². The molecule has 118 valence electrons. The van der Waals surface area contributed by atoms with Gasteiger partial charge < -0.3 is 0 Å². The van der Waals surface area contributed by atoms with Crippen molar-refractivity contribution < 1.29 is 22.0 Å². The van der Waals surface area contributed by atoms with Gasteiger partial charge in [-0.15, -0.1) is 0 Å². The van der Waals surface area contributed by atoms with E-state index in [4.69, 9.17) is 10.7 Å². The van der Waals surface area contributed by atoms with Gasteiger partial charge >= 0.3 is 0 Å². The third-order valence-corrected chi connectivity index (χ3v) is 5.55. The number of aromatic nitrogens is 1. The minimum atomic E-state index is -3.71. The van der Waals surface area contributed by atoms with Gasteiger partial charge in [0.25, 0.3) is 0 Å². The molecule has 0 radical (unpaired) electrons. The Morgan fingerprint density at radius 3 is 2.82 bits per heavy atom. The van der Waals surface area contributed by atoms with E-state index in [1.54, 1.807) is 0 Å². The van der Waals surface area contributed by atoms with E-state index in [0.29, 0.717) is 0 Å². The first-order valence-electron chi connectivity index (χ1n) is 6.21. The molecule has 10 heteroatoms. The van der Waals surface area contributed by atoms with Crippen LogP contribution in [0.1, 0.15) is 6.42 Å². The van der Waals surface area contributed by atoms with Crippen molar-refractivity contribution in [1.29, 1.82) is 0 Å². The lowest BCUT2D eigenvalue weighted by atomic mass is 10.1. The first-order chi connectivity index (χ1) is 10.2. The van der Waals surface area contributed by atoms with E-state index in [0.717, 1.165) is 23.5 Å². The summed E-state index contributed by atoms with van der Waals surface area (Å²) in [4.78, 5) is 17.3. The second kappa shape index (κ2) is 5.39. The third-order valence-electron chi connectivity index (χ3n) is 3.27. The minimum Gasteiger partial charge on any atom is -0.288 e. The standard InChI is InChI=1S/C12H9ClF2N2O3S2/c13-22(19,20)5-6-1-10(18)17(4-6)12-16-11-8(15)2-7(14)3-9(11)21-12/h2-3,6H,1,4-5H2. The molecule has 0 spiro atoms. The smallest absolute Gasteiger partial charge is 0.232 e. The first-order valence-corrected chi connectivity index (χ1v) is 9.51. The van der Waals surface area contributed by atoms with Crippen molar-refractivity contribution >= 4 is 52.3 Å². The fraction of sp³-hybridized carbons (Fsp3) is 0.333. The second-order valence-corrected chi connectivity index (χ2v) is 8.84.